The van der Waals surface area contributed by atoms with Crippen LogP contribution in [-0.4, -0.2) is 76.0 Å². The maximum absolute atomic E-state index is 12.4. The number of nitrogens with zero attached hydrogens (tertiary/aromatic N) is 1. The zero-order valence-electron chi connectivity index (χ0n) is 26.3. The molecule has 1 aliphatic heterocycles. The molecule has 0 bridgehead atoms. The number of hydrogen-bond donors (Lipinski definition) is 0. The first-order valence-electron chi connectivity index (χ1n) is 16.3. The fourth-order valence-electron chi connectivity index (χ4n) is 4.87. The highest BCUT2D eigenvalue weighted by atomic mass is 16.7. The molecule has 0 aromatic rings. The molecule has 0 aromatic carbocycles. The van der Waals surface area contributed by atoms with Crippen molar-refractivity contribution >= 4 is 12.1 Å². The van der Waals surface area contributed by atoms with Gasteiger partial charge in [0.05, 0.1) is 19.6 Å². The minimum atomic E-state index is -0.660. The summed E-state index contributed by atoms with van der Waals surface area (Å²) < 4.78 is 27.8. The Balaban J connectivity index is 2.21. The fraction of sp³-hybridized carbons (Fsp3) is 0.938. The first-order valence-corrected chi connectivity index (χ1v) is 16.3. The highest BCUT2D eigenvalue weighted by molar-refractivity contribution is 5.69. The van der Waals surface area contributed by atoms with E-state index in [2.05, 4.69) is 25.8 Å². The van der Waals surface area contributed by atoms with Crippen LogP contribution in [0, 0.1) is 5.92 Å². The van der Waals surface area contributed by atoms with E-state index in [1.54, 1.807) is 0 Å². The number of carbonyl (C=O) groups excluding carboxylic acids is 2. The third-order valence-corrected chi connectivity index (χ3v) is 7.54. The van der Waals surface area contributed by atoms with Crippen LogP contribution in [0.5, 0.6) is 0 Å². The molecular weight excluding hydrogens is 510 g/mol. The molecule has 1 aliphatic rings. The van der Waals surface area contributed by atoms with Crippen LogP contribution in [0.3, 0.4) is 0 Å². The van der Waals surface area contributed by atoms with Crippen LogP contribution in [-0.2, 0) is 28.5 Å². The van der Waals surface area contributed by atoms with Crippen molar-refractivity contribution in [3.63, 3.8) is 0 Å². The van der Waals surface area contributed by atoms with Crippen molar-refractivity contribution < 1.29 is 33.3 Å². The summed E-state index contributed by atoms with van der Waals surface area (Å²) in [5.74, 6) is -0.396. The molecule has 8 nitrogen and oxygen atoms in total. The van der Waals surface area contributed by atoms with Crippen LogP contribution >= 0.6 is 0 Å². The Morgan fingerprint density at radius 2 is 1.35 bits per heavy atom. The predicted octanol–water partition coefficient (Wildman–Crippen LogP) is 7.66. The Morgan fingerprint density at radius 3 is 1.93 bits per heavy atom. The Kier molecular flexibility index (Phi) is 23.2. The average molecular weight is 572 g/mol. The van der Waals surface area contributed by atoms with Crippen molar-refractivity contribution in [2.45, 2.75) is 142 Å². The Hall–Kier alpha value is -1.38. The van der Waals surface area contributed by atoms with E-state index in [9.17, 15) is 9.59 Å². The molecule has 1 heterocycles. The molecule has 1 saturated heterocycles. The molecular formula is C32H61NO7. The summed E-state index contributed by atoms with van der Waals surface area (Å²) in [6, 6.07) is 0.479. The Morgan fingerprint density at radius 1 is 0.775 bits per heavy atom. The highest BCUT2D eigenvalue weighted by Gasteiger charge is 2.21. The topological polar surface area (TPSA) is 83.5 Å². The second kappa shape index (κ2) is 25.3. The average Bonchev–Trinajstić information content (AvgIpc) is 3.36. The van der Waals surface area contributed by atoms with Crippen LogP contribution in [0.15, 0.2) is 0 Å². The van der Waals surface area contributed by atoms with E-state index in [1.165, 1.54) is 57.8 Å². The second-order valence-electron chi connectivity index (χ2n) is 11.5. The molecule has 0 saturated carbocycles. The number of ether oxygens (including phenoxy) is 5. The minimum absolute atomic E-state index is 0.110. The van der Waals surface area contributed by atoms with E-state index in [-0.39, 0.29) is 37.8 Å². The van der Waals surface area contributed by atoms with E-state index in [1.807, 2.05) is 6.92 Å². The smallest absolute Gasteiger partial charge is 0.465 e. The lowest BCUT2D eigenvalue weighted by Crippen LogP contribution is -2.27. The molecule has 1 rings (SSSR count). The van der Waals surface area contributed by atoms with E-state index < -0.39 is 6.16 Å². The van der Waals surface area contributed by atoms with Crippen LogP contribution in [0.25, 0.3) is 0 Å². The van der Waals surface area contributed by atoms with E-state index in [4.69, 9.17) is 23.7 Å². The highest BCUT2D eigenvalue weighted by Crippen LogP contribution is 2.18. The van der Waals surface area contributed by atoms with Crippen molar-refractivity contribution in [1.29, 1.82) is 0 Å². The molecule has 2 atom stereocenters. The zero-order chi connectivity index (χ0) is 29.3. The van der Waals surface area contributed by atoms with Gasteiger partial charge >= 0.3 is 12.1 Å². The molecule has 40 heavy (non-hydrogen) atoms. The molecule has 236 valence electrons. The van der Waals surface area contributed by atoms with Gasteiger partial charge in [0.15, 0.2) is 6.29 Å². The van der Waals surface area contributed by atoms with Gasteiger partial charge in [-0.2, -0.15) is 0 Å². The summed E-state index contributed by atoms with van der Waals surface area (Å²) in [5, 5.41) is 0. The summed E-state index contributed by atoms with van der Waals surface area (Å²) in [7, 11) is 2.10. The second-order valence-corrected chi connectivity index (χ2v) is 11.5. The lowest BCUT2D eigenvalue weighted by atomic mass is 10.1. The van der Waals surface area contributed by atoms with Gasteiger partial charge in [0.25, 0.3) is 0 Å². The summed E-state index contributed by atoms with van der Waals surface area (Å²) in [6.45, 7) is 9.45. The summed E-state index contributed by atoms with van der Waals surface area (Å²) in [6.07, 6.45) is 17.3. The summed E-state index contributed by atoms with van der Waals surface area (Å²) in [4.78, 5) is 26.5. The van der Waals surface area contributed by atoms with Crippen molar-refractivity contribution in [3.05, 3.63) is 0 Å². The number of unbranched alkanes of at least 4 members (excludes halogenated alkanes) is 10. The quantitative estimate of drug-likeness (QED) is 0.0594. The zero-order valence-corrected chi connectivity index (χ0v) is 26.3. The van der Waals surface area contributed by atoms with Gasteiger partial charge in [-0.3, -0.25) is 4.79 Å². The number of likely N-dealkylation sites (tertiary alicyclic amines) is 1. The monoisotopic (exact) mass is 571 g/mol. The van der Waals surface area contributed by atoms with Gasteiger partial charge in [-0.05, 0) is 45.7 Å². The Labute approximate surface area is 245 Å². The number of esters is 1. The van der Waals surface area contributed by atoms with Gasteiger partial charge in [-0.25, -0.2) is 4.79 Å². The van der Waals surface area contributed by atoms with Gasteiger partial charge in [-0.1, -0.05) is 85.0 Å². The first-order chi connectivity index (χ1) is 19.5. The van der Waals surface area contributed by atoms with Crippen molar-refractivity contribution in [2.24, 2.45) is 5.92 Å². The molecule has 2 unspecified atom stereocenters. The largest absolute Gasteiger partial charge is 0.508 e. The maximum atomic E-state index is 12.4. The van der Waals surface area contributed by atoms with Gasteiger partial charge in [0, 0.05) is 31.6 Å². The standard InChI is InChI=1S/C32H61NO7/c1-5-7-9-11-13-15-23-36-31(37-24-16-14-12-10-8-6-2)20-19-30(34)39-26-28(3)27-40-32(35)38-25-21-29-18-17-22-33(29)4/h28-29,31H,5-27H2,1-4H3. The van der Waals surface area contributed by atoms with Gasteiger partial charge in [0.1, 0.15) is 6.61 Å². The Bertz CT molecular complexity index is 600. The lowest BCUT2D eigenvalue weighted by molar-refractivity contribution is -0.160. The van der Waals surface area contributed by atoms with Crippen LogP contribution in [0.4, 0.5) is 4.79 Å². The third-order valence-electron chi connectivity index (χ3n) is 7.54. The van der Waals surface area contributed by atoms with Crippen LogP contribution < -0.4 is 0 Å². The van der Waals surface area contributed by atoms with Crippen molar-refractivity contribution in [1.82, 2.24) is 4.90 Å². The van der Waals surface area contributed by atoms with Crippen LogP contribution in [0.2, 0.25) is 0 Å². The SMILES string of the molecule is CCCCCCCCOC(CCC(=O)OCC(C)COC(=O)OCCC1CCCN1C)OCCCCCCCC. The van der Waals surface area contributed by atoms with E-state index in [0.29, 0.717) is 32.3 Å². The molecule has 8 heteroatoms. The van der Waals surface area contributed by atoms with Gasteiger partial charge in [0.2, 0.25) is 0 Å². The first kappa shape index (κ1) is 36.6. The number of carbonyl (C=O) groups is 2. The lowest BCUT2D eigenvalue weighted by Gasteiger charge is -2.19. The van der Waals surface area contributed by atoms with E-state index in [0.717, 1.165) is 45.1 Å². The number of rotatable bonds is 26. The molecule has 0 amide bonds. The molecule has 0 spiro atoms. The molecule has 0 N–H and O–H groups in total. The maximum Gasteiger partial charge on any atom is 0.508 e. The molecule has 0 aliphatic carbocycles. The normalized spacial score (nSPS) is 16.4. The van der Waals surface area contributed by atoms with Crippen molar-refractivity contribution in [2.75, 3.05) is 46.6 Å². The van der Waals surface area contributed by atoms with Crippen LogP contribution in [0.1, 0.15) is 130 Å². The molecule has 0 aromatic heterocycles. The summed E-state index contributed by atoms with van der Waals surface area (Å²) in [5.41, 5.74) is 0. The minimum Gasteiger partial charge on any atom is -0.465 e. The van der Waals surface area contributed by atoms with Crippen molar-refractivity contribution in [3.8, 4) is 0 Å². The fourth-order valence-corrected chi connectivity index (χ4v) is 4.87. The third kappa shape index (κ3) is 20.5. The number of hydrogen-bond acceptors (Lipinski definition) is 8. The van der Waals surface area contributed by atoms with Gasteiger partial charge < -0.3 is 28.6 Å². The molecule has 0 radical (unpaired) electrons. The van der Waals surface area contributed by atoms with E-state index >= 15 is 0 Å². The van der Waals surface area contributed by atoms with Gasteiger partial charge in [-0.15, -0.1) is 0 Å². The predicted molar refractivity (Wildman–Crippen MR) is 159 cm³/mol. The molecule has 1 fully saturated rings. The summed E-state index contributed by atoms with van der Waals surface area (Å²) >= 11 is 0.